The Balaban J connectivity index is 0.00000361. The van der Waals surface area contributed by atoms with Gasteiger partial charge in [-0.25, -0.2) is 9.78 Å². The number of rotatable bonds is 7. The molecule has 1 aromatic rings. The maximum Gasteiger partial charge on any atom is 0.413 e. The fourth-order valence-electron chi connectivity index (χ4n) is 1.41. The second-order valence-electron chi connectivity index (χ2n) is 4.00. The SMILES string of the molecule is CCOCCC(C)OC(=O)Nc1cccc(CO)n1.[HH]. The molecule has 1 aromatic heterocycles. The lowest BCUT2D eigenvalue weighted by Gasteiger charge is -2.13. The third kappa shape index (κ3) is 6.17. The Morgan fingerprint density at radius 2 is 2.37 bits per heavy atom. The first-order valence-corrected chi connectivity index (χ1v) is 6.28. The summed E-state index contributed by atoms with van der Waals surface area (Å²) in [5.74, 6) is 0.355. The van der Waals surface area contributed by atoms with E-state index in [4.69, 9.17) is 14.6 Å². The second kappa shape index (κ2) is 8.44. The zero-order chi connectivity index (χ0) is 14.1. The Hall–Kier alpha value is -1.66. The van der Waals surface area contributed by atoms with Crippen molar-refractivity contribution < 1.29 is 20.8 Å². The van der Waals surface area contributed by atoms with Gasteiger partial charge in [0.25, 0.3) is 0 Å². The molecule has 19 heavy (non-hydrogen) atoms. The van der Waals surface area contributed by atoms with Gasteiger partial charge in [-0.2, -0.15) is 0 Å². The summed E-state index contributed by atoms with van der Waals surface area (Å²) in [6, 6.07) is 5.00. The van der Waals surface area contributed by atoms with Crippen molar-refractivity contribution in [2.75, 3.05) is 18.5 Å². The number of amides is 1. The van der Waals surface area contributed by atoms with Crippen LogP contribution in [0.25, 0.3) is 0 Å². The molecule has 0 bridgehead atoms. The average Bonchev–Trinajstić information content (AvgIpc) is 2.39. The van der Waals surface area contributed by atoms with E-state index in [1.165, 1.54) is 0 Å². The monoisotopic (exact) mass is 270 g/mol. The van der Waals surface area contributed by atoms with Gasteiger partial charge in [-0.3, -0.25) is 5.32 Å². The molecule has 0 saturated heterocycles. The average molecular weight is 270 g/mol. The number of nitrogens with one attached hydrogen (secondary N) is 1. The predicted molar refractivity (Wildman–Crippen MR) is 72.9 cm³/mol. The van der Waals surface area contributed by atoms with E-state index in [2.05, 4.69) is 10.3 Å². The minimum Gasteiger partial charge on any atom is -0.446 e. The Morgan fingerprint density at radius 1 is 1.58 bits per heavy atom. The van der Waals surface area contributed by atoms with E-state index in [-0.39, 0.29) is 14.1 Å². The Kier molecular flexibility index (Phi) is 6.84. The summed E-state index contributed by atoms with van der Waals surface area (Å²) in [5, 5.41) is 11.5. The van der Waals surface area contributed by atoms with E-state index in [9.17, 15) is 4.79 Å². The number of hydrogen-bond acceptors (Lipinski definition) is 5. The summed E-state index contributed by atoms with van der Waals surface area (Å²) in [4.78, 5) is 15.6. The summed E-state index contributed by atoms with van der Waals surface area (Å²) in [6.45, 7) is 4.75. The van der Waals surface area contributed by atoms with Crippen molar-refractivity contribution in [3.8, 4) is 0 Å². The molecule has 0 aliphatic heterocycles. The van der Waals surface area contributed by atoms with Gasteiger partial charge in [0.15, 0.2) is 0 Å². The number of nitrogens with zero attached hydrogens (tertiary/aromatic N) is 1. The van der Waals surface area contributed by atoms with Crippen LogP contribution in [-0.2, 0) is 16.1 Å². The summed E-state index contributed by atoms with van der Waals surface area (Å²) in [6.07, 6.45) is -0.148. The topological polar surface area (TPSA) is 80.7 Å². The first kappa shape index (κ1) is 15.4. The van der Waals surface area contributed by atoms with Crippen molar-refractivity contribution >= 4 is 11.9 Å². The van der Waals surface area contributed by atoms with Crippen molar-refractivity contribution in [3.05, 3.63) is 23.9 Å². The van der Waals surface area contributed by atoms with E-state index in [0.717, 1.165) is 0 Å². The molecule has 0 fully saturated rings. The van der Waals surface area contributed by atoms with Gasteiger partial charge in [-0.1, -0.05) is 6.07 Å². The molecule has 1 atom stereocenters. The molecule has 0 aliphatic rings. The second-order valence-corrected chi connectivity index (χ2v) is 4.00. The lowest BCUT2D eigenvalue weighted by atomic mass is 10.3. The number of ether oxygens (including phenoxy) is 2. The highest BCUT2D eigenvalue weighted by Gasteiger charge is 2.10. The first-order chi connectivity index (χ1) is 9.15. The quantitative estimate of drug-likeness (QED) is 0.742. The molecule has 0 saturated carbocycles. The van der Waals surface area contributed by atoms with Gasteiger partial charge >= 0.3 is 6.09 Å². The smallest absolute Gasteiger partial charge is 0.413 e. The zero-order valence-corrected chi connectivity index (χ0v) is 11.3. The van der Waals surface area contributed by atoms with Crippen LogP contribution in [0, 0.1) is 0 Å². The van der Waals surface area contributed by atoms with Crippen LogP contribution >= 0.6 is 0 Å². The minimum atomic E-state index is -0.563. The van der Waals surface area contributed by atoms with Gasteiger partial charge in [0.05, 0.1) is 18.9 Å². The van der Waals surface area contributed by atoms with E-state index in [1.807, 2.05) is 6.92 Å². The highest BCUT2D eigenvalue weighted by molar-refractivity contribution is 5.83. The van der Waals surface area contributed by atoms with E-state index in [0.29, 0.717) is 31.1 Å². The number of pyridine rings is 1. The van der Waals surface area contributed by atoms with Gasteiger partial charge in [-0.05, 0) is 26.0 Å². The standard InChI is InChI=1S/C13H20N2O4.H2/c1-3-18-8-7-10(2)19-13(17)15-12-6-4-5-11(9-16)14-12;/h4-6,10,16H,3,7-9H2,1-2H3,(H,14,15,17);1H. The molecule has 1 heterocycles. The molecule has 0 spiro atoms. The molecule has 1 amide bonds. The van der Waals surface area contributed by atoms with Gasteiger partial charge in [0.2, 0.25) is 0 Å². The molecule has 0 aromatic carbocycles. The molecule has 0 radical (unpaired) electrons. The van der Waals surface area contributed by atoms with Crippen LogP contribution in [-0.4, -0.2) is 35.5 Å². The molecule has 108 valence electrons. The van der Waals surface area contributed by atoms with Crippen LogP contribution in [0.5, 0.6) is 0 Å². The number of carbonyl (C=O) groups is 1. The van der Waals surface area contributed by atoms with Crippen LogP contribution < -0.4 is 5.32 Å². The molecule has 2 N–H and O–H groups in total. The lowest BCUT2D eigenvalue weighted by Crippen LogP contribution is -2.22. The van der Waals surface area contributed by atoms with E-state index < -0.39 is 6.09 Å². The third-order valence-electron chi connectivity index (χ3n) is 2.38. The van der Waals surface area contributed by atoms with Crippen molar-refractivity contribution in [1.82, 2.24) is 4.98 Å². The van der Waals surface area contributed by atoms with Gasteiger partial charge < -0.3 is 14.6 Å². The number of anilines is 1. The van der Waals surface area contributed by atoms with Crippen molar-refractivity contribution in [3.63, 3.8) is 0 Å². The summed E-state index contributed by atoms with van der Waals surface area (Å²) < 4.78 is 10.3. The fourth-order valence-corrected chi connectivity index (χ4v) is 1.41. The third-order valence-corrected chi connectivity index (χ3v) is 2.38. The molecule has 0 aliphatic carbocycles. The maximum absolute atomic E-state index is 11.6. The van der Waals surface area contributed by atoms with Crippen LogP contribution in [0.3, 0.4) is 0 Å². The molecule has 1 rings (SSSR count). The Bertz CT molecular complexity index is 404. The molecule has 6 heteroatoms. The largest absolute Gasteiger partial charge is 0.446 e. The molecular weight excluding hydrogens is 248 g/mol. The number of aliphatic hydroxyl groups is 1. The highest BCUT2D eigenvalue weighted by atomic mass is 16.6. The van der Waals surface area contributed by atoms with E-state index >= 15 is 0 Å². The van der Waals surface area contributed by atoms with Gasteiger partial charge in [0.1, 0.15) is 11.9 Å². The molecular formula is C13H22N2O4. The van der Waals surface area contributed by atoms with Crippen LogP contribution in [0.1, 0.15) is 27.4 Å². The molecule has 1 unspecified atom stereocenters. The summed E-state index contributed by atoms with van der Waals surface area (Å²) in [5.41, 5.74) is 0.488. The predicted octanol–water partition coefficient (Wildman–Crippen LogP) is 2.18. The van der Waals surface area contributed by atoms with E-state index in [1.54, 1.807) is 25.1 Å². The fraction of sp³-hybridized carbons (Fsp3) is 0.538. The normalized spacial score (nSPS) is 11.9. The Morgan fingerprint density at radius 3 is 3.05 bits per heavy atom. The maximum atomic E-state index is 11.6. The summed E-state index contributed by atoms with van der Waals surface area (Å²) >= 11 is 0. The number of aliphatic hydroxyl groups excluding tert-OH is 1. The minimum absolute atomic E-state index is 0. The number of carbonyl (C=O) groups excluding carboxylic acids is 1. The first-order valence-electron chi connectivity index (χ1n) is 6.28. The Labute approximate surface area is 114 Å². The zero-order valence-electron chi connectivity index (χ0n) is 11.3. The molecule has 6 nitrogen and oxygen atoms in total. The van der Waals surface area contributed by atoms with Crippen molar-refractivity contribution in [2.24, 2.45) is 0 Å². The van der Waals surface area contributed by atoms with Gasteiger partial charge in [0, 0.05) is 14.5 Å². The van der Waals surface area contributed by atoms with Crippen LogP contribution in [0.2, 0.25) is 0 Å². The van der Waals surface area contributed by atoms with Crippen molar-refractivity contribution in [1.29, 1.82) is 0 Å². The highest BCUT2D eigenvalue weighted by Crippen LogP contribution is 2.07. The number of hydrogen-bond donors (Lipinski definition) is 2. The van der Waals surface area contributed by atoms with Crippen molar-refractivity contribution in [2.45, 2.75) is 33.0 Å². The number of aromatic nitrogens is 1. The van der Waals surface area contributed by atoms with Crippen LogP contribution in [0.15, 0.2) is 18.2 Å². The van der Waals surface area contributed by atoms with Crippen LogP contribution in [0.4, 0.5) is 10.6 Å². The summed E-state index contributed by atoms with van der Waals surface area (Å²) in [7, 11) is 0. The van der Waals surface area contributed by atoms with Gasteiger partial charge in [-0.15, -0.1) is 0 Å². The lowest BCUT2D eigenvalue weighted by molar-refractivity contribution is 0.0776.